The Morgan fingerprint density at radius 3 is 1.96 bits per heavy atom. The normalized spacial score (nSPS) is 19.2. The van der Waals surface area contributed by atoms with E-state index in [1.165, 1.54) is 20.3 Å². The Labute approximate surface area is 145 Å². The predicted molar refractivity (Wildman–Crippen MR) is 90.5 cm³/mol. The molecular formula is C19H18O6. The largest absolute Gasteiger partial charge is 0.497 e. The molecule has 0 aliphatic carbocycles. The van der Waals surface area contributed by atoms with E-state index in [4.69, 9.17) is 18.9 Å². The van der Waals surface area contributed by atoms with E-state index in [1.807, 2.05) is 0 Å². The first-order valence-electron chi connectivity index (χ1n) is 7.55. The zero-order chi connectivity index (χ0) is 18.0. The summed E-state index contributed by atoms with van der Waals surface area (Å²) in [5.74, 6) is -0.771. The number of cyclic esters (lactones) is 1. The van der Waals surface area contributed by atoms with Crippen molar-refractivity contribution in [3.63, 3.8) is 0 Å². The standard InChI is InChI=1S/C19H18O6/c1-22-14-6-4-13(5-7-14)19(21)11-17(18(20)25-19)12-8-15(23-2)10-16(9-12)24-3/h4-11,21H,1-3H3. The van der Waals surface area contributed by atoms with E-state index in [-0.39, 0.29) is 5.57 Å². The van der Waals surface area contributed by atoms with Gasteiger partial charge in [0.15, 0.2) is 0 Å². The SMILES string of the molecule is COc1ccc(C2(O)C=C(c3cc(OC)cc(OC)c3)C(=O)O2)cc1. The Balaban J connectivity index is 2.02. The van der Waals surface area contributed by atoms with Crippen molar-refractivity contribution in [2.75, 3.05) is 21.3 Å². The van der Waals surface area contributed by atoms with Gasteiger partial charge in [0.2, 0.25) is 0 Å². The van der Waals surface area contributed by atoms with E-state index >= 15 is 0 Å². The van der Waals surface area contributed by atoms with Crippen LogP contribution in [0, 0.1) is 0 Å². The van der Waals surface area contributed by atoms with Crippen LogP contribution in [0.2, 0.25) is 0 Å². The average Bonchev–Trinajstić information content (AvgIpc) is 2.97. The lowest BCUT2D eigenvalue weighted by molar-refractivity contribution is -0.181. The zero-order valence-corrected chi connectivity index (χ0v) is 14.1. The molecule has 0 saturated heterocycles. The maximum Gasteiger partial charge on any atom is 0.341 e. The molecule has 1 aliphatic rings. The lowest BCUT2D eigenvalue weighted by Crippen LogP contribution is -2.24. The minimum absolute atomic E-state index is 0.232. The quantitative estimate of drug-likeness (QED) is 0.842. The van der Waals surface area contributed by atoms with Crippen LogP contribution >= 0.6 is 0 Å². The van der Waals surface area contributed by atoms with E-state index in [0.717, 1.165) is 0 Å². The van der Waals surface area contributed by atoms with Crippen LogP contribution in [0.25, 0.3) is 5.57 Å². The molecule has 1 atom stereocenters. The number of hydrogen-bond donors (Lipinski definition) is 1. The zero-order valence-electron chi connectivity index (χ0n) is 14.1. The smallest absolute Gasteiger partial charge is 0.341 e. The first-order chi connectivity index (χ1) is 12.0. The predicted octanol–water partition coefficient (Wildman–Crippen LogP) is 2.50. The Morgan fingerprint density at radius 2 is 1.44 bits per heavy atom. The number of esters is 1. The van der Waals surface area contributed by atoms with Crippen molar-refractivity contribution < 1.29 is 28.8 Å². The molecular weight excluding hydrogens is 324 g/mol. The molecule has 6 nitrogen and oxygen atoms in total. The van der Waals surface area contributed by atoms with Crippen LogP contribution in [0.4, 0.5) is 0 Å². The highest BCUT2D eigenvalue weighted by Gasteiger charge is 2.40. The van der Waals surface area contributed by atoms with Gasteiger partial charge in [0.1, 0.15) is 17.2 Å². The number of rotatable bonds is 5. The van der Waals surface area contributed by atoms with Crippen LogP contribution in [-0.4, -0.2) is 32.4 Å². The van der Waals surface area contributed by atoms with Crippen molar-refractivity contribution in [2.24, 2.45) is 0 Å². The highest BCUT2D eigenvalue weighted by molar-refractivity contribution is 6.18. The van der Waals surface area contributed by atoms with Gasteiger partial charge in [0.05, 0.1) is 26.9 Å². The van der Waals surface area contributed by atoms with Gasteiger partial charge >= 0.3 is 5.97 Å². The van der Waals surface area contributed by atoms with Crippen molar-refractivity contribution >= 4 is 11.5 Å². The molecule has 2 aromatic carbocycles. The van der Waals surface area contributed by atoms with Gasteiger partial charge in [0.25, 0.3) is 5.79 Å². The van der Waals surface area contributed by atoms with Crippen LogP contribution in [-0.2, 0) is 15.3 Å². The molecule has 0 fully saturated rings. The number of carbonyl (C=O) groups excluding carboxylic acids is 1. The highest BCUT2D eigenvalue weighted by Crippen LogP contribution is 2.38. The fraction of sp³-hybridized carbons (Fsp3) is 0.211. The molecule has 1 N–H and O–H groups in total. The summed E-state index contributed by atoms with van der Waals surface area (Å²) in [5.41, 5.74) is 1.19. The van der Waals surface area contributed by atoms with Gasteiger partial charge in [-0.15, -0.1) is 0 Å². The molecule has 3 rings (SSSR count). The fourth-order valence-corrected chi connectivity index (χ4v) is 2.62. The van der Waals surface area contributed by atoms with E-state index < -0.39 is 11.8 Å². The lowest BCUT2D eigenvalue weighted by atomic mass is 10.0. The Morgan fingerprint density at radius 1 is 0.880 bits per heavy atom. The van der Waals surface area contributed by atoms with Crippen molar-refractivity contribution in [3.05, 3.63) is 59.7 Å². The number of hydrogen-bond acceptors (Lipinski definition) is 6. The molecule has 0 bridgehead atoms. The molecule has 0 saturated carbocycles. The minimum atomic E-state index is -1.84. The first-order valence-corrected chi connectivity index (χ1v) is 7.55. The number of carbonyl (C=O) groups is 1. The van der Waals surface area contributed by atoms with Crippen molar-refractivity contribution in [1.29, 1.82) is 0 Å². The summed E-state index contributed by atoms with van der Waals surface area (Å²) in [6, 6.07) is 11.7. The third kappa shape index (κ3) is 3.16. The number of ether oxygens (including phenoxy) is 4. The summed E-state index contributed by atoms with van der Waals surface area (Å²) in [6.07, 6.45) is 1.38. The molecule has 0 aromatic heterocycles. The van der Waals surface area contributed by atoms with Gasteiger partial charge in [-0.3, -0.25) is 0 Å². The third-order valence-corrected chi connectivity index (χ3v) is 3.97. The second-order valence-corrected chi connectivity index (χ2v) is 5.47. The van der Waals surface area contributed by atoms with Gasteiger partial charge in [-0.2, -0.15) is 0 Å². The third-order valence-electron chi connectivity index (χ3n) is 3.97. The van der Waals surface area contributed by atoms with Gasteiger partial charge in [-0.05, 0) is 42.0 Å². The molecule has 1 unspecified atom stereocenters. The number of benzene rings is 2. The molecule has 2 aromatic rings. The Kier molecular flexibility index (Phi) is 4.37. The fourth-order valence-electron chi connectivity index (χ4n) is 2.62. The topological polar surface area (TPSA) is 74.2 Å². The number of methoxy groups -OCH3 is 3. The Hall–Kier alpha value is -2.99. The second-order valence-electron chi connectivity index (χ2n) is 5.47. The number of aliphatic hydroxyl groups is 1. The molecule has 130 valence electrons. The lowest BCUT2D eigenvalue weighted by Gasteiger charge is -2.19. The van der Waals surface area contributed by atoms with Gasteiger partial charge in [0, 0.05) is 17.7 Å². The monoisotopic (exact) mass is 342 g/mol. The highest BCUT2D eigenvalue weighted by atomic mass is 16.7. The van der Waals surface area contributed by atoms with Gasteiger partial charge in [-0.1, -0.05) is 0 Å². The second kappa shape index (κ2) is 6.49. The average molecular weight is 342 g/mol. The molecule has 25 heavy (non-hydrogen) atoms. The van der Waals surface area contributed by atoms with E-state index in [9.17, 15) is 9.90 Å². The van der Waals surface area contributed by atoms with Crippen molar-refractivity contribution in [2.45, 2.75) is 5.79 Å². The molecule has 6 heteroatoms. The van der Waals surface area contributed by atoms with Crippen molar-refractivity contribution in [3.8, 4) is 17.2 Å². The van der Waals surface area contributed by atoms with E-state index in [2.05, 4.69) is 0 Å². The maximum atomic E-state index is 12.3. The van der Waals surface area contributed by atoms with Crippen LogP contribution < -0.4 is 14.2 Å². The molecule has 1 aliphatic heterocycles. The summed E-state index contributed by atoms with van der Waals surface area (Å²) >= 11 is 0. The summed E-state index contributed by atoms with van der Waals surface area (Å²) in [6.45, 7) is 0. The molecule has 0 radical (unpaired) electrons. The van der Waals surface area contributed by atoms with Crippen LogP contribution in [0.1, 0.15) is 11.1 Å². The van der Waals surface area contributed by atoms with E-state index in [1.54, 1.807) is 49.6 Å². The minimum Gasteiger partial charge on any atom is -0.497 e. The summed E-state index contributed by atoms with van der Waals surface area (Å²) < 4.78 is 20.8. The molecule has 0 spiro atoms. The summed E-state index contributed by atoms with van der Waals surface area (Å²) in [4.78, 5) is 12.3. The summed E-state index contributed by atoms with van der Waals surface area (Å²) in [5, 5.41) is 10.8. The molecule has 1 heterocycles. The van der Waals surface area contributed by atoms with Crippen LogP contribution in [0.5, 0.6) is 17.2 Å². The maximum absolute atomic E-state index is 12.3. The molecule has 0 amide bonds. The van der Waals surface area contributed by atoms with Crippen molar-refractivity contribution in [1.82, 2.24) is 0 Å². The van der Waals surface area contributed by atoms with Crippen LogP contribution in [0.3, 0.4) is 0 Å². The first kappa shape index (κ1) is 16.9. The van der Waals surface area contributed by atoms with Gasteiger partial charge < -0.3 is 24.1 Å². The van der Waals surface area contributed by atoms with Gasteiger partial charge in [-0.25, -0.2) is 4.79 Å². The van der Waals surface area contributed by atoms with E-state index in [0.29, 0.717) is 28.4 Å². The van der Waals surface area contributed by atoms with Crippen LogP contribution in [0.15, 0.2) is 48.5 Å². The summed E-state index contributed by atoms with van der Waals surface area (Å²) in [7, 11) is 4.59. The Bertz CT molecular complexity index is 802.